The molecular weight excluding hydrogens is 512 g/mol. The average Bonchev–Trinajstić information content (AvgIpc) is 3.51. The van der Waals surface area contributed by atoms with Crippen LogP contribution in [-0.4, -0.2) is 45.9 Å². The number of ether oxygens (including phenoxy) is 2. The first-order valence-corrected chi connectivity index (χ1v) is 11.6. The minimum atomic E-state index is -0.529. The molecule has 0 radical (unpaired) electrons. The molecule has 0 N–H and O–H groups in total. The number of halogens is 1. The van der Waals surface area contributed by atoms with Crippen LogP contribution < -0.4 is 9.47 Å². The molecule has 11 nitrogen and oxygen atoms in total. The minimum Gasteiger partial charge on any atom is -0.422 e. The molecular formula is C18H13ClN6O5S3. The second-order valence-electron chi connectivity index (χ2n) is 6.09. The van der Waals surface area contributed by atoms with Crippen molar-refractivity contribution >= 4 is 63.4 Å². The lowest BCUT2D eigenvalue weighted by Crippen LogP contribution is -2.09. The summed E-state index contributed by atoms with van der Waals surface area (Å²) in [5.41, 5.74) is 1.63. The molecule has 3 heterocycles. The van der Waals surface area contributed by atoms with Gasteiger partial charge in [-0.1, -0.05) is 13.5 Å². The van der Waals surface area contributed by atoms with Gasteiger partial charge in [0.1, 0.15) is 16.4 Å². The van der Waals surface area contributed by atoms with Crippen LogP contribution in [0.2, 0.25) is 0 Å². The molecule has 3 aromatic heterocycles. The van der Waals surface area contributed by atoms with Crippen LogP contribution >= 0.6 is 46.2 Å². The SMILES string of the molecule is Cc1nnsc1C(=O)Cl.Cc1nnsc1C(=O)Oc1ccc(OC(=O)c2snnc2C)cc1. The molecule has 0 fully saturated rings. The third kappa shape index (κ3) is 6.41. The van der Waals surface area contributed by atoms with E-state index in [4.69, 9.17) is 21.1 Å². The lowest BCUT2D eigenvalue weighted by atomic mass is 10.3. The number of esters is 2. The molecule has 0 aliphatic carbocycles. The lowest BCUT2D eigenvalue weighted by molar-refractivity contribution is 0.0723. The monoisotopic (exact) mass is 524 g/mol. The smallest absolute Gasteiger partial charge is 0.357 e. The number of benzene rings is 1. The summed E-state index contributed by atoms with van der Waals surface area (Å²) in [6, 6.07) is 6.12. The summed E-state index contributed by atoms with van der Waals surface area (Å²) in [5.74, 6) is -0.413. The summed E-state index contributed by atoms with van der Waals surface area (Å²) in [5, 5.41) is 10.6. The van der Waals surface area contributed by atoms with Gasteiger partial charge in [0.2, 0.25) is 0 Å². The van der Waals surface area contributed by atoms with E-state index in [0.29, 0.717) is 43.2 Å². The molecule has 4 aromatic rings. The summed E-state index contributed by atoms with van der Waals surface area (Å²) in [7, 11) is 0. The topological polar surface area (TPSA) is 147 Å². The molecule has 33 heavy (non-hydrogen) atoms. The number of aromatic nitrogens is 6. The van der Waals surface area contributed by atoms with E-state index < -0.39 is 17.2 Å². The fourth-order valence-electron chi connectivity index (χ4n) is 2.13. The summed E-state index contributed by atoms with van der Waals surface area (Å²) in [6.45, 7) is 5.05. The fourth-order valence-corrected chi connectivity index (χ4v) is 3.93. The van der Waals surface area contributed by atoms with Crippen LogP contribution in [0.3, 0.4) is 0 Å². The molecule has 0 saturated carbocycles. The standard InChI is InChI=1S/C14H10N4O4S2.C4H3ClN2OS/c1-7-11(23-17-15-7)13(19)21-9-3-5-10(6-4-9)22-14(20)12-8(2)16-18-24-12;1-2-3(4(5)8)9-7-6-2/h3-6H,1-2H3;1H3. The summed E-state index contributed by atoms with van der Waals surface area (Å²) >= 11 is 8.10. The van der Waals surface area contributed by atoms with E-state index in [1.54, 1.807) is 20.8 Å². The number of carbonyl (C=O) groups excluding carboxylic acids is 3. The quantitative estimate of drug-likeness (QED) is 0.214. The van der Waals surface area contributed by atoms with E-state index in [1.807, 2.05) is 0 Å². The second kappa shape index (κ2) is 11.1. The number of aryl methyl sites for hydroxylation is 3. The Morgan fingerprint density at radius 2 is 1.00 bits per heavy atom. The van der Waals surface area contributed by atoms with Crippen molar-refractivity contribution in [1.82, 2.24) is 28.8 Å². The zero-order chi connectivity index (χ0) is 24.0. The number of hydrogen-bond donors (Lipinski definition) is 0. The Hall–Kier alpha value is -3.20. The molecule has 0 amide bonds. The van der Waals surface area contributed by atoms with Gasteiger partial charge in [-0.15, -0.1) is 15.3 Å². The van der Waals surface area contributed by atoms with Crippen LogP contribution in [0, 0.1) is 20.8 Å². The highest BCUT2D eigenvalue weighted by Crippen LogP contribution is 2.21. The normalized spacial score (nSPS) is 10.2. The van der Waals surface area contributed by atoms with E-state index in [9.17, 15) is 14.4 Å². The van der Waals surface area contributed by atoms with Crippen molar-refractivity contribution in [2.24, 2.45) is 0 Å². The van der Waals surface area contributed by atoms with Crippen molar-refractivity contribution in [2.45, 2.75) is 20.8 Å². The Morgan fingerprint density at radius 3 is 1.24 bits per heavy atom. The molecule has 0 aliphatic rings. The van der Waals surface area contributed by atoms with E-state index in [1.165, 1.54) is 24.3 Å². The van der Waals surface area contributed by atoms with Crippen LogP contribution in [0.25, 0.3) is 0 Å². The fraction of sp³-hybridized carbons (Fsp3) is 0.167. The van der Waals surface area contributed by atoms with Gasteiger partial charge in [0, 0.05) is 0 Å². The predicted octanol–water partition coefficient (Wildman–Crippen LogP) is 3.67. The Morgan fingerprint density at radius 1 is 0.667 bits per heavy atom. The van der Waals surface area contributed by atoms with Gasteiger partial charge in [-0.2, -0.15) is 0 Å². The molecule has 0 aliphatic heterocycles. The van der Waals surface area contributed by atoms with Gasteiger partial charge >= 0.3 is 11.9 Å². The van der Waals surface area contributed by atoms with Gasteiger partial charge in [-0.25, -0.2) is 9.59 Å². The van der Waals surface area contributed by atoms with Crippen molar-refractivity contribution in [1.29, 1.82) is 0 Å². The molecule has 170 valence electrons. The summed E-state index contributed by atoms with van der Waals surface area (Å²) in [4.78, 5) is 35.5. The highest BCUT2D eigenvalue weighted by atomic mass is 35.5. The van der Waals surface area contributed by atoms with Crippen molar-refractivity contribution < 1.29 is 23.9 Å². The molecule has 0 spiro atoms. The number of carbonyl (C=O) groups is 3. The van der Waals surface area contributed by atoms with Gasteiger partial charge in [0.15, 0.2) is 9.75 Å². The molecule has 0 unspecified atom stereocenters. The Kier molecular flexibility index (Phi) is 8.21. The third-order valence-corrected chi connectivity index (χ3v) is 6.49. The second-order valence-corrected chi connectivity index (χ2v) is 8.69. The first-order chi connectivity index (χ1) is 15.8. The number of nitrogens with zero attached hydrogens (tertiary/aromatic N) is 6. The maximum atomic E-state index is 12.0. The van der Waals surface area contributed by atoms with Crippen LogP contribution in [0.15, 0.2) is 24.3 Å². The largest absolute Gasteiger partial charge is 0.422 e. The summed E-state index contributed by atoms with van der Waals surface area (Å²) in [6.07, 6.45) is 0. The average molecular weight is 525 g/mol. The predicted molar refractivity (Wildman–Crippen MR) is 120 cm³/mol. The zero-order valence-electron chi connectivity index (χ0n) is 17.1. The van der Waals surface area contributed by atoms with Crippen molar-refractivity contribution in [3.8, 4) is 11.5 Å². The minimum absolute atomic E-state index is 0.322. The van der Waals surface area contributed by atoms with Gasteiger partial charge in [-0.3, -0.25) is 4.79 Å². The summed E-state index contributed by atoms with van der Waals surface area (Å²) < 4.78 is 21.4. The van der Waals surface area contributed by atoms with E-state index >= 15 is 0 Å². The van der Waals surface area contributed by atoms with E-state index in [-0.39, 0.29) is 0 Å². The van der Waals surface area contributed by atoms with Gasteiger partial charge in [-0.05, 0) is 91.2 Å². The molecule has 0 atom stereocenters. The van der Waals surface area contributed by atoms with Crippen molar-refractivity contribution in [2.75, 3.05) is 0 Å². The van der Waals surface area contributed by atoms with Crippen LogP contribution in [0.5, 0.6) is 11.5 Å². The highest BCUT2D eigenvalue weighted by molar-refractivity contribution is 7.10. The van der Waals surface area contributed by atoms with Crippen molar-refractivity contribution in [3.63, 3.8) is 0 Å². The molecule has 0 saturated heterocycles. The van der Waals surface area contributed by atoms with Crippen LogP contribution in [-0.2, 0) is 0 Å². The first kappa shape index (κ1) is 24.4. The zero-order valence-corrected chi connectivity index (χ0v) is 20.3. The molecule has 4 rings (SSSR count). The lowest BCUT2D eigenvalue weighted by Gasteiger charge is -2.05. The van der Waals surface area contributed by atoms with Gasteiger partial charge in [0.05, 0.1) is 17.1 Å². The van der Waals surface area contributed by atoms with Crippen LogP contribution in [0.4, 0.5) is 0 Å². The van der Waals surface area contributed by atoms with Crippen molar-refractivity contribution in [3.05, 3.63) is 56.0 Å². The van der Waals surface area contributed by atoms with Crippen LogP contribution in [0.1, 0.15) is 46.1 Å². The first-order valence-electron chi connectivity index (χ1n) is 8.87. The van der Waals surface area contributed by atoms with Gasteiger partial charge in [0.25, 0.3) is 5.24 Å². The Bertz CT molecular complexity index is 1210. The Labute approximate surface area is 203 Å². The maximum Gasteiger partial charge on any atom is 0.357 e. The highest BCUT2D eigenvalue weighted by Gasteiger charge is 2.17. The molecule has 1 aromatic carbocycles. The van der Waals surface area contributed by atoms with E-state index in [0.717, 1.165) is 34.6 Å². The Balaban J connectivity index is 0.000000286. The number of hydrogen-bond acceptors (Lipinski definition) is 14. The number of rotatable bonds is 5. The third-order valence-electron chi connectivity index (χ3n) is 3.75. The van der Waals surface area contributed by atoms with E-state index in [2.05, 4.69) is 28.8 Å². The maximum absolute atomic E-state index is 12.0. The van der Waals surface area contributed by atoms with Gasteiger partial charge < -0.3 is 9.47 Å². The molecule has 15 heteroatoms. The molecule has 0 bridgehead atoms.